The lowest BCUT2D eigenvalue weighted by atomic mass is 10.0. The van der Waals surface area contributed by atoms with Crippen molar-refractivity contribution in [3.05, 3.63) is 64.7 Å². The molecule has 1 atom stereocenters. The Bertz CT molecular complexity index is 525. The molecule has 0 fully saturated rings. The second-order valence-electron chi connectivity index (χ2n) is 4.61. The van der Waals surface area contributed by atoms with Crippen molar-refractivity contribution in [3.8, 4) is 0 Å². The third-order valence-electron chi connectivity index (χ3n) is 3.11. The van der Waals surface area contributed by atoms with Crippen LogP contribution in [0.1, 0.15) is 17.2 Å². The van der Waals surface area contributed by atoms with Crippen molar-refractivity contribution >= 4 is 17.3 Å². The predicted molar refractivity (Wildman–Crippen MR) is 84.0 cm³/mol. The first-order chi connectivity index (χ1) is 9.72. The fourth-order valence-corrected chi connectivity index (χ4v) is 2.16. The van der Waals surface area contributed by atoms with Gasteiger partial charge in [-0.3, -0.25) is 0 Å². The Morgan fingerprint density at radius 2 is 1.75 bits per heavy atom. The molecule has 0 aliphatic heterocycles. The number of hydrogen-bond donors (Lipinski definition) is 2. The van der Waals surface area contributed by atoms with E-state index in [9.17, 15) is 0 Å². The Morgan fingerprint density at radius 1 is 1.10 bits per heavy atom. The highest BCUT2D eigenvalue weighted by molar-refractivity contribution is 6.30. The minimum absolute atomic E-state index is 0.0766. The van der Waals surface area contributed by atoms with E-state index in [-0.39, 0.29) is 6.04 Å². The summed E-state index contributed by atoms with van der Waals surface area (Å²) in [5.41, 5.74) is 9.18. The van der Waals surface area contributed by atoms with Crippen LogP contribution in [-0.2, 0) is 11.3 Å². The number of benzene rings is 2. The SMILES string of the molecule is COCc1ccc(C(CN)Nc2ccc(Cl)cc2)cc1. The molecule has 0 spiro atoms. The van der Waals surface area contributed by atoms with Crippen LogP contribution in [0.15, 0.2) is 48.5 Å². The van der Waals surface area contributed by atoms with E-state index in [2.05, 4.69) is 29.6 Å². The third kappa shape index (κ3) is 3.97. The van der Waals surface area contributed by atoms with E-state index >= 15 is 0 Å². The number of ether oxygens (including phenoxy) is 1. The maximum absolute atomic E-state index is 5.88. The van der Waals surface area contributed by atoms with Crippen molar-refractivity contribution in [2.24, 2.45) is 5.73 Å². The van der Waals surface area contributed by atoms with Crippen LogP contribution < -0.4 is 11.1 Å². The molecule has 3 nitrogen and oxygen atoms in total. The van der Waals surface area contributed by atoms with Gasteiger partial charge in [0.15, 0.2) is 0 Å². The van der Waals surface area contributed by atoms with Gasteiger partial charge in [0.25, 0.3) is 0 Å². The van der Waals surface area contributed by atoms with Crippen LogP contribution in [-0.4, -0.2) is 13.7 Å². The fraction of sp³-hybridized carbons (Fsp3) is 0.250. The number of anilines is 1. The third-order valence-corrected chi connectivity index (χ3v) is 3.37. The molecular formula is C16H19ClN2O. The molecule has 2 aromatic rings. The first kappa shape index (κ1) is 14.9. The molecule has 2 rings (SSSR count). The Hall–Kier alpha value is -1.55. The maximum Gasteiger partial charge on any atom is 0.0713 e. The monoisotopic (exact) mass is 290 g/mol. The van der Waals surface area contributed by atoms with Gasteiger partial charge in [0, 0.05) is 24.4 Å². The van der Waals surface area contributed by atoms with Crippen LogP contribution in [0.2, 0.25) is 5.02 Å². The van der Waals surface area contributed by atoms with Crippen molar-refractivity contribution in [2.45, 2.75) is 12.6 Å². The zero-order chi connectivity index (χ0) is 14.4. The topological polar surface area (TPSA) is 47.3 Å². The Morgan fingerprint density at radius 3 is 2.30 bits per heavy atom. The molecule has 0 bridgehead atoms. The molecule has 3 N–H and O–H groups in total. The van der Waals surface area contributed by atoms with E-state index in [0.717, 1.165) is 21.8 Å². The quantitative estimate of drug-likeness (QED) is 0.854. The minimum atomic E-state index is 0.0766. The van der Waals surface area contributed by atoms with Gasteiger partial charge in [-0.1, -0.05) is 35.9 Å². The lowest BCUT2D eigenvalue weighted by Crippen LogP contribution is -2.20. The van der Waals surface area contributed by atoms with E-state index in [1.54, 1.807) is 7.11 Å². The molecule has 0 aliphatic rings. The molecule has 0 heterocycles. The standard InChI is InChI=1S/C16H19ClN2O/c1-20-11-12-2-4-13(5-3-12)16(10-18)19-15-8-6-14(17)7-9-15/h2-9,16,19H,10-11,18H2,1H3. The van der Waals surface area contributed by atoms with Gasteiger partial charge in [0.05, 0.1) is 12.6 Å². The van der Waals surface area contributed by atoms with Gasteiger partial charge < -0.3 is 15.8 Å². The molecule has 0 saturated heterocycles. The Balaban J connectivity index is 2.09. The van der Waals surface area contributed by atoms with Crippen molar-refractivity contribution < 1.29 is 4.74 Å². The van der Waals surface area contributed by atoms with E-state index in [1.807, 2.05) is 24.3 Å². The number of rotatable bonds is 6. The number of methoxy groups -OCH3 is 1. The van der Waals surface area contributed by atoms with Crippen molar-refractivity contribution in [1.82, 2.24) is 0 Å². The summed E-state index contributed by atoms with van der Waals surface area (Å²) in [5, 5.41) is 4.13. The molecule has 0 radical (unpaired) electrons. The van der Waals surface area contributed by atoms with Crippen LogP contribution in [0.4, 0.5) is 5.69 Å². The number of nitrogens with two attached hydrogens (primary N) is 1. The zero-order valence-corrected chi connectivity index (χ0v) is 12.2. The van der Waals surface area contributed by atoms with Crippen LogP contribution in [0.5, 0.6) is 0 Å². The van der Waals surface area contributed by atoms with Gasteiger partial charge in [-0.15, -0.1) is 0 Å². The molecule has 0 aromatic heterocycles. The van der Waals surface area contributed by atoms with Crippen LogP contribution in [0.3, 0.4) is 0 Å². The summed E-state index contributed by atoms with van der Waals surface area (Å²) in [6.07, 6.45) is 0. The first-order valence-electron chi connectivity index (χ1n) is 6.53. The molecule has 1 unspecified atom stereocenters. The van der Waals surface area contributed by atoms with Crippen LogP contribution in [0, 0.1) is 0 Å². The zero-order valence-electron chi connectivity index (χ0n) is 11.5. The summed E-state index contributed by atoms with van der Waals surface area (Å²) >= 11 is 5.88. The molecule has 0 saturated carbocycles. The molecule has 0 aliphatic carbocycles. The predicted octanol–water partition coefficient (Wildman–Crippen LogP) is 3.60. The minimum Gasteiger partial charge on any atom is -0.380 e. The van der Waals surface area contributed by atoms with Crippen molar-refractivity contribution in [2.75, 3.05) is 19.0 Å². The van der Waals surface area contributed by atoms with Crippen LogP contribution in [0.25, 0.3) is 0 Å². The average molecular weight is 291 g/mol. The highest BCUT2D eigenvalue weighted by Gasteiger charge is 2.09. The second kappa shape index (κ2) is 7.29. The van der Waals surface area contributed by atoms with E-state index in [1.165, 1.54) is 0 Å². The summed E-state index contributed by atoms with van der Waals surface area (Å²) < 4.78 is 5.11. The average Bonchev–Trinajstić information content (AvgIpc) is 2.48. The Kier molecular flexibility index (Phi) is 5.41. The van der Waals surface area contributed by atoms with Gasteiger partial charge in [-0.05, 0) is 35.4 Å². The van der Waals surface area contributed by atoms with Gasteiger partial charge >= 0.3 is 0 Å². The van der Waals surface area contributed by atoms with Crippen molar-refractivity contribution in [3.63, 3.8) is 0 Å². The van der Waals surface area contributed by atoms with Gasteiger partial charge in [-0.25, -0.2) is 0 Å². The lowest BCUT2D eigenvalue weighted by Gasteiger charge is -2.19. The normalized spacial score (nSPS) is 12.2. The largest absolute Gasteiger partial charge is 0.380 e. The maximum atomic E-state index is 5.88. The molecule has 106 valence electrons. The number of hydrogen-bond acceptors (Lipinski definition) is 3. The summed E-state index contributed by atoms with van der Waals surface area (Å²) in [6.45, 7) is 1.14. The number of halogens is 1. The lowest BCUT2D eigenvalue weighted by molar-refractivity contribution is 0.185. The van der Waals surface area contributed by atoms with E-state index < -0.39 is 0 Å². The smallest absolute Gasteiger partial charge is 0.0713 e. The molecule has 20 heavy (non-hydrogen) atoms. The summed E-state index contributed by atoms with van der Waals surface area (Å²) in [5.74, 6) is 0. The summed E-state index contributed by atoms with van der Waals surface area (Å²) in [4.78, 5) is 0. The molecular weight excluding hydrogens is 272 g/mol. The summed E-state index contributed by atoms with van der Waals surface area (Å²) in [6, 6.07) is 16.0. The molecule has 4 heteroatoms. The van der Waals surface area contributed by atoms with Gasteiger partial charge in [0.1, 0.15) is 0 Å². The van der Waals surface area contributed by atoms with Crippen LogP contribution >= 0.6 is 11.6 Å². The molecule has 0 amide bonds. The van der Waals surface area contributed by atoms with Gasteiger partial charge in [-0.2, -0.15) is 0 Å². The molecule has 2 aromatic carbocycles. The summed E-state index contributed by atoms with van der Waals surface area (Å²) in [7, 11) is 1.69. The highest BCUT2D eigenvalue weighted by atomic mass is 35.5. The van der Waals surface area contributed by atoms with E-state index in [4.69, 9.17) is 22.1 Å². The van der Waals surface area contributed by atoms with Crippen molar-refractivity contribution in [1.29, 1.82) is 0 Å². The first-order valence-corrected chi connectivity index (χ1v) is 6.90. The van der Waals surface area contributed by atoms with E-state index in [0.29, 0.717) is 13.2 Å². The fourth-order valence-electron chi connectivity index (χ4n) is 2.04. The van der Waals surface area contributed by atoms with Gasteiger partial charge in [0.2, 0.25) is 0 Å². The number of nitrogens with one attached hydrogen (secondary N) is 1. The second-order valence-corrected chi connectivity index (χ2v) is 5.05. The highest BCUT2D eigenvalue weighted by Crippen LogP contribution is 2.21. The Labute approximate surface area is 124 Å².